The SMILES string of the molecule is C=CC(=O)N1CCC(F)(C(=O)N(C)[C@H](C(=O)N[C@H]2Cc3cc(O)cc(c3)-c3ccc4c(c3)c(c(-c3ccccc3CCOC)n4CC)CC(C)(C)COC(=O)[C@@H]3CCCN(N3)C2=O)C(C)C)CC1. The minimum Gasteiger partial charge on any atom is -0.508 e. The van der Waals surface area contributed by atoms with E-state index in [0.717, 1.165) is 56.2 Å². The summed E-state index contributed by atoms with van der Waals surface area (Å²) < 4.78 is 30.4. The molecule has 4 aromatic rings. The number of nitrogens with one attached hydrogen (secondary N) is 2. The summed E-state index contributed by atoms with van der Waals surface area (Å²) >= 11 is 0. The van der Waals surface area contributed by atoms with Crippen LogP contribution in [0.2, 0.25) is 0 Å². The van der Waals surface area contributed by atoms with Gasteiger partial charge < -0.3 is 34.3 Å². The molecule has 0 spiro atoms. The Hall–Kier alpha value is -6.06. The van der Waals surface area contributed by atoms with Crippen LogP contribution in [0.15, 0.2) is 73.3 Å². The number of hydrogen-bond acceptors (Lipinski definition) is 9. The topological polar surface area (TPSA) is 163 Å². The fourth-order valence-electron chi connectivity index (χ4n) is 10.2. The molecule has 0 aliphatic carbocycles. The molecular formula is C53H67FN6O8. The summed E-state index contributed by atoms with van der Waals surface area (Å²) in [6.07, 6.45) is 2.77. The number of aromatic hydroxyl groups is 1. The summed E-state index contributed by atoms with van der Waals surface area (Å²) in [5.41, 5.74) is 7.75. The standard InChI is InChI=1S/C53H67FN6O8/c1-9-45(62)58-23-20-53(54,21-24-58)51(66)57(7)46(33(3)4)48(63)55-43-28-34-26-37(29-38(61)27-34)36-17-18-44-40(30-36)41(47(59(44)10-2)39-15-12-11-14-35(39)19-25-67-8)31-52(5,6)32-68-50(65)42-16-13-22-60(56-42)49(43)64/h9,11-12,14-15,17-18,26-27,29-30,33,42-43,46,56,61H,1,10,13,16,19-25,28,31-32H2,2-8H3,(H,55,63)/t42-,43-,46-/m0/s1. The van der Waals surface area contributed by atoms with Crippen molar-refractivity contribution in [2.24, 2.45) is 11.3 Å². The van der Waals surface area contributed by atoms with Gasteiger partial charge in [-0.3, -0.25) is 29.0 Å². The van der Waals surface area contributed by atoms with Crippen molar-refractivity contribution in [3.8, 4) is 28.1 Å². The number of fused-ring (bicyclic) bond motifs is 6. The monoisotopic (exact) mass is 935 g/mol. The number of aryl methyl sites for hydroxylation is 1. The van der Waals surface area contributed by atoms with E-state index in [2.05, 4.69) is 66.9 Å². The molecule has 14 nitrogen and oxygen atoms in total. The lowest BCUT2D eigenvalue weighted by atomic mass is 9.83. The molecule has 3 aromatic carbocycles. The highest BCUT2D eigenvalue weighted by atomic mass is 19.1. The number of piperidine rings is 1. The number of ether oxygens (including phenoxy) is 2. The van der Waals surface area contributed by atoms with Crippen LogP contribution >= 0.6 is 0 Å². The first-order valence-electron chi connectivity index (χ1n) is 23.9. The Balaban J connectivity index is 1.29. The Morgan fingerprint density at radius 3 is 2.49 bits per heavy atom. The van der Waals surface area contributed by atoms with Gasteiger partial charge in [-0.1, -0.05) is 70.7 Å². The average Bonchev–Trinajstić information content (AvgIpc) is 3.62. The zero-order chi connectivity index (χ0) is 49.1. The number of likely N-dealkylation sites (N-methyl/N-ethyl adjacent to an activating group) is 1. The number of phenolic OH excluding ortho intramolecular Hbond substituents is 1. The first-order valence-corrected chi connectivity index (χ1v) is 23.9. The highest BCUT2D eigenvalue weighted by Crippen LogP contribution is 2.42. The number of carbonyl (C=O) groups excluding carboxylic acids is 5. The molecule has 364 valence electrons. The third-order valence-electron chi connectivity index (χ3n) is 13.8. The van der Waals surface area contributed by atoms with E-state index in [9.17, 15) is 29.1 Å². The van der Waals surface area contributed by atoms with Crippen molar-refractivity contribution >= 4 is 40.5 Å². The maximum Gasteiger partial charge on any atom is 0.324 e. The van der Waals surface area contributed by atoms with Crippen molar-refractivity contribution < 1.29 is 42.9 Å². The molecule has 7 rings (SSSR count). The maximum atomic E-state index is 16.4. The van der Waals surface area contributed by atoms with E-state index in [1.807, 2.05) is 24.3 Å². The van der Waals surface area contributed by atoms with Crippen LogP contribution in [0.25, 0.3) is 33.3 Å². The van der Waals surface area contributed by atoms with Gasteiger partial charge in [-0.15, -0.1) is 0 Å². The van der Waals surface area contributed by atoms with Gasteiger partial charge in [0.05, 0.1) is 18.9 Å². The first-order chi connectivity index (χ1) is 32.4. The van der Waals surface area contributed by atoms with Crippen molar-refractivity contribution in [2.75, 3.05) is 47.0 Å². The van der Waals surface area contributed by atoms with Gasteiger partial charge in [0.25, 0.3) is 11.8 Å². The summed E-state index contributed by atoms with van der Waals surface area (Å²) in [5, 5.41) is 16.6. The lowest BCUT2D eigenvalue weighted by molar-refractivity contribution is -0.156. The predicted octanol–water partition coefficient (Wildman–Crippen LogP) is 6.54. The number of benzene rings is 3. The van der Waals surface area contributed by atoms with E-state index in [0.29, 0.717) is 43.5 Å². The molecule has 4 heterocycles. The molecule has 3 N–H and O–H groups in total. The Morgan fingerprint density at radius 2 is 1.79 bits per heavy atom. The van der Waals surface area contributed by atoms with Gasteiger partial charge in [-0.25, -0.2) is 9.82 Å². The number of hydrogen-bond donors (Lipinski definition) is 3. The van der Waals surface area contributed by atoms with Crippen molar-refractivity contribution in [3.63, 3.8) is 0 Å². The number of cyclic esters (lactones) is 1. The molecule has 3 atom stereocenters. The number of halogens is 1. The minimum absolute atomic E-state index is 0.0163. The van der Waals surface area contributed by atoms with Crippen LogP contribution in [0, 0.1) is 11.3 Å². The van der Waals surface area contributed by atoms with Crippen LogP contribution < -0.4 is 10.7 Å². The Bertz CT molecular complexity index is 2560. The van der Waals surface area contributed by atoms with E-state index in [4.69, 9.17) is 9.47 Å². The Morgan fingerprint density at radius 1 is 1.06 bits per heavy atom. The van der Waals surface area contributed by atoms with E-state index in [1.165, 1.54) is 17.0 Å². The number of hydrazine groups is 1. The number of amides is 4. The first kappa shape index (κ1) is 49.8. The largest absolute Gasteiger partial charge is 0.508 e. The second kappa shape index (κ2) is 20.7. The Labute approximate surface area is 398 Å². The van der Waals surface area contributed by atoms with Crippen LogP contribution in [0.1, 0.15) is 77.0 Å². The molecule has 3 aliphatic heterocycles. The molecule has 0 unspecified atom stereocenters. The molecule has 4 amide bonds. The second-order valence-corrected chi connectivity index (χ2v) is 19.7. The molecule has 6 bridgehead atoms. The molecule has 3 aliphatic rings. The molecule has 2 fully saturated rings. The lowest BCUT2D eigenvalue weighted by Crippen LogP contribution is -2.63. The third-order valence-corrected chi connectivity index (χ3v) is 13.8. The number of likely N-dealkylation sites (tertiary alicyclic amines) is 1. The van der Waals surface area contributed by atoms with Gasteiger partial charge in [-0.2, -0.15) is 0 Å². The van der Waals surface area contributed by atoms with Crippen LogP contribution in [0.3, 0.4) is 0 Å². The number of phenols is 1. The summed E-state index contributed by atoms with van der Waals surface area (Å²) in [5.74, 6) is -3.49. The number of methoxy groups -OCH3 is 1. The zero-order valence-corrected chi connectivity index (χ0v) is 40.5. The van der Waals surface area contributed by atoms with E-state index >= 15 is 4.39 Å². The van der Waals surface area contributed by atoms with Gasteiger partial charge >= 0.3 is 5.97 Å². The fraction of sp³-hybridized carbons (Fsp3) is 0.491. The summed E-state index contributed by atoms with van der Waals surface area (Å²) in [7, 11) is 3.08. The molecule has 1 aromatic heterocycles. The molecular weight excluding hydrogens is 868 g/mol. The fourth-order valence-corrected chi connectivity index (χ4v) is 10.2. The van der Waals surface area contributed by atoms with Gasteiger partial charge in [-0.05, 0) is 96.7 Å². The highest BCUT2D eigenvalue weighted by Gasteiger charge is 2.47. The smallest absolute Gasteiger partial charge is 0.324 e. The molecule has 68 heavy (non-hydrogen) atoms. The van der Waals surface area contributed by atoms with Crippen molar-refractivity contribution in [2.45, 2.75) is 110 Å². The van der Waals surface area contributed by atoms with Gasteiger partial charge in [0.15, 0.2) is 5.67 Å². The predicted molar refractivity (Wildman–Crippen MR) is 259 cm³/mol. The number of rotatable bonds is 11. The summed E-state index contributed by atoms with van der Waals surface area (Å²) in [6, 6.07) is 16.5. The van der Waals surface area contributed by atoms with Crippen LogP contribution in [0.4, 0.5) is 4.39 Å². The zero-order valence-electron chi connectivity index (χ0n) is 40.5. The van der Waals surface area contributed by atoms with Gasteiger partial charge in [0, 0.05) is 81.5 Å². The molecule has 15 heteroatoms. The maximum absolute atomic E-state index is 16.4. The van der Waals surface area contributed by atoms with E-state index in [1.54, 1.807) is 33.1 Å². The summed E-state index contributed by atoms with van der Waals surface area (Å²) in [4.78, 5) is 71.9. The van der Waals surface area contributed by atoms with Crippen LogP contribution in [-0.2, 0) is 59.3 Å². The number of alkyl halides is 1. The summed E-state index contributed by atoms with van der Waals surface area (Å²) in [6.45, 7) is 14.9. The van der Waals surface area contributed by atoms with Crippen LogP contribution in [-0.4, -0.2) is 125 Å². The molecule has 2 saturated heterocycles. The van der Waals surface area contributed by atoms with Gasteiger partial charge in [0.1, 0.15) is 23.9 Å². The minimum atomic E-state index is -2.32. The van der Waals surface area contributed by atoms with Gasteiger partial charge in [0.2, 0.25) is 11.8 Å². The number of esters is 1. The van der Waals surface area contributed by atoms with Crippen molar-refractivity contribution in [1.29, 1.82) is 0 Å². The third kappa shape index (κ3) is 10.5. The Kier molecular flexibility index (Phi) is 15.1. The van der Waals surface area contributed by atoms with E-state index < -0.39 is 58.8 Å². The van der Waals surface area contributed by atoms with Crippen molar-refractivity contribution in [1.82, 2.24) is 30.1 Å². The molecule has 0 saturated carbocycles. The lowest BCUT2D eigenvalue weighted by Gasteiger charge is -2.40. The highest BCUT2D eigenvalue weighted by molar-refractivity contribution is 5.97. The van der Waals surface area contributed by atoms with Crippen molar-refractivity contribution in [3.05, 3.63) is 90.0 Å². The number of aromatic nitrogens is 1. The van der Waals surface area contributed by atoms with Crippen LogP contribution in [0.5, 0.6) is 5.75 Å². The normalized spacial score (nSPS) is 20.1. The number of nitrogens with zero attached hydrogens (tertiary/aromatic N) is 4. The second-order valence-electron chi connectivity index (χ2n) is 19.7. The average molecular weight is 935 g/mol. The van der Waals surface area contributed by atoms with E-state index in [-0.39, 0.29) is 57.2 Å². The molecule has 0 radical (unpaired) electrons. The number of carbonyl (C=O) groups is 5. The quantitative estimate of drug-likeness (QED) is 0.112.